The van der Waals surface area contributed by atoms with Gasteiger partial charge in [-0.3, -0.25) is 0 Å². The lowest BCUT2D eigenvalue weighted by Crippen LogP contribution is -1.99. The van der Waals surface area contributed by atoms with Gasteiger partial charge in [-0.1, -0.05) is 17.7 Å². The molecule has 3 aromatic rings. The van der Waals surface area contributed by atoms with Crippen molar-refractivity contribution in [2.45, 2.75) is 6.92 Å². The minimum absolute atomic E-state index is 0.0935. The Bertz CT molecular complexity index is 714. The van der Waals surface area contributed by atoms with Crippen LogP contribution in [-0.2, 0) is 0 Å². The van der Waals surface area contributed by atoms with Gasteiger partial charge in [0.1, 0.15) is 0 Å². The number of aromatic nitrogens is 5. The summed E-state index contributed by atoms with van der Waals surface area (Å²) in [5, 5.41) is 8.48. The topological polar surface area (TPSA) is 109 Å². The number of benzene rings is 1. The van der Waals surface area contributed by atoms with Gasteiger partial charge < -0.3 is 11.5 Å². The van der Waals surface area contributed by atoms with E-state index in [9.17, 15) is 0 Å². The Labute approximate surface area is 102 Å². The van der Waals surface area contributed by atoms with Gasteiger partial charge in [-0.25, -0.2) is 0 Å². The summed E-state index contributed by atoms with van der Waals surface area (Å²) in [6, 6.07) is 7.79. The van der Waals surface area contributed by atoms with Crippen LogP contribution in [0.5, 0.6) is 0 Å². The van der Waals surface area contributed by atoms with Gasteiger partial charge in [0.05, 0.1) is 5.69 Å². The monoisotopic (exact) mass is 241 g/mol. The molecule has 90 valence electrons. The SMILES string of the molecule is Cc1ccc(-n2nc3nc(N)nc(N)c3n2)cc1. The van der Waals surface area contributed by atoms with Crippen molar-refractivity contribution >= 4 is 22.9 Å². The fourth-order valence-corrected chi connectivity index (χ4v) is 1.64. The fraction of sp³-hybridized carbons (Fsp3) is 0.0909. The van der Waals surface area contributed by atoms with E-state index in [4.69, 9.17) is 11.5 Å². The molecular formula is C11H11N7. The van der Waals surface area contributed by atoms with Crippen molar-refractivity contribution in [3.63, 3.8) is 0 Å². The molecule has 0 radical (unpaired) electrons. The molecule has 0 fully saturated rings. The van der Waals surface area contributed by atoms with Crippen LogP contribution in [0, 0.1) is 6.92 Å². The molecule has 0 atom stereocenters. The van der Waals surface area contributed by atoms with Crippen molar-refractivity contribution in [3.8, 4) is 5.69 Å². The summed E-state index contributed by atoms with van der Waals surface area (Å²) in [5.41, 5.74) is 14.1. The smallest absolute Gasteiger partial charge is 0.224 e. The standard InChI is InChI=1S/C11H11N7/c1-6-2-4-7(5-3-6)18-16-8-9(12)14-11(13)15-10(8)17-18/h2-5H,1H3,(H4,12,13,14,15,17). The second kappa shape index (κ2) is 3.66. The summed E-state index contributed by atoms with van der Waals surface area (Å²) in [5.74, 6) is 0.326. The van der Waals surface area contributed by atoms with Gasteiger partial charge in [0.2, 0.25) is 11.6 Å². The van der Waals surface area contributed by atoms with Crippen LogP contribution in [0.2, 0.25) is 0 Å². The molecule has 0 unspecified atom stereocenters. The Morgan fingerprint density at radius 2 is 1.72 bits per heavy atom. The first kappa shape index (κ1) is 10.5. The van der Waals surface area contributed by atoms with Crippen LogP contribution in [0.15, 0.2) is 24.3 Å². The molecule has 3 rings (SSSR count). The zero-order valence-corrected chi connectivity index (χ0v) is 9.70. The molecule has 7 nitrogen and oxygen atoms in total. The van der Waals surface area contributed by atoms with E-state index in [1.165, 1.54) is 10.4 Å². The molecule has 2 aromatic heterocycles. The molecule has 18 heavy (non-hydrogen) atoms. The van der Waals surface area contributed by atoms with Crippen molar-refractivity contribution in [2.24, 2.45) is 0 Å². The first-order valence-corrected chi connectivity index (χ1v) is 5.36. The number of rotatable bonds is 1. The molecule has 7 heteroatoms. The van der Waals surface area contributed by atoms with Crippen molar-refractivity contribution in [3.05, 3.63) is 29.8 Å². The lowest BCUT2D eigenvalue weighted by molar-refractivity contribution is 0.763. The molecule has 4 N–H and O–H groups in total. The average Bonchev–Trinajstić information content (AvgIpc) is 2.74. The van der Waals surface area contributed by atoms with E-state index >= 15 is 0 Å². The Balaban J connectivity index is 2.19. The van der Waals surface area contributed by atoms with Crippen LogP contribution >= 0.6 is 0 Å². The van der Waals surface area contributed by atoms with Gasteiger partial charge in [-0.05, 0) is 19.1 Å². The Hall–Kier alpha value is -2.70. The van der Waals surface area contributed by atoms with E-state index in [2.05, 4.69) is 20.2 Å². The lowest BCUT2D eigenvalue weighted by atomic mass is 10.2. The van der Waals surface area contributed by atoms with Gasteiger partial charge in [-0.15, -0.1) is 15.0 Å². The molecule has 0 spiro atoms. The van der Waals surface area contributed by atoms with Crippen molar-refractivity contribution in [1.82, 2.24) is 25.0 Å². The van der Waals surface area contributed by atoms with Gasteiger partial charge in [0.25, 0.3) is 0 Å². The number of hydrogen-bond donors (Lipinski definition) is 2. The second-order valence-corrected chi connectivity index (χ2v) is 3.96. The molecule has 0 saturated carbocycles. The minimum atomic E-state index is 0.0935. The van der Waals surface area contributed by atoms with E-state index in [1.54, 1.807) is 0 Å². The predicted molar refractivity (Wildman–Crippen MR) is 68.0 cm³/mol. The van der Waals surface area contributed by atoms with Crippen molar-refractivity contribution < 1.29 is 0 Å². The number of fused-ring (bicyclic) bond motifs is 1. The zero-order chi connectivity index (χ0) is 12.7. The highest BCUT2D eigenvalue weighted by Crippen LogP contribution is 2.16. The highest BCUT2D eigenvalue weighted by molar-refractivity contribution is 5.81. The summed E-state index contributed by atoms with van der Waals surface area (Å²) in [6.45, 7) is 2.01. The van der Waals surface area contributed by atoms with Gasteiger partial charge >= 0.3 is 0 Å². The van der Waals surface area contributed by atoms with E-state index < -0.39 is 0 Å². The summed E-state index contributed by atoms with van der Waals surface area (Å²) >= 11 is 0. The molecule has 0 aliphatic carbocycles. The van der Waals surface area contributed by atoms with Crippen LogP contribution in [0.25, 0.3) is 16.9 Å². The van der Waals surface area contributed by atoms with Crippen LogP contribution in [-0.4, -0.2) is 25.0 Å². The number of nitrogens with zero attached hydrogens (tertiary/aromatic N) is 5. The molecule has 0 saturated heterocycles. The molecule has 0 aliphatic rings. The number of nitrogen functional groups attached to an aromatic ring is 2. The molecule has 0 amide bonds. The summed E-state index contributed by atoms with van der Waals surface area (Å²) in [7, 11) is 0. The zero-order valence-electron chi connectivity index (χ0n) is 9.70. The third-order valence-corrected chi connectivity index (χ3v) is 2.56. The van der Waals surface area contributed by atoms with Gasteiger partial charge in [0.15, 0.2) is 11.3 Å². The summed E-state index contributed by atoms with van der Waals surface area (Å²) in [4.78, 5) is 9.31. The second-order valence-electron chi connectivity index (χ2n) is 3.96. The predicted octanol–water partition coefficient (Wildman–Crippen LogP) is 0.683. The molecule has 2 heterocycles. The summed E-state index contributed by atoms with van der Waals surface area (Å²) < 4.78 is 0. The molecule has 0 aliphatic heterocycles. The summed E-state index contributed by atoms with van der Waals surface area (Å²) in [6.07, 6.45) is 0. The maximum Gasteiger partial charge on any atom is 0.224 e. The van der Waals surface area contributed by atoms with E-state index in [0.717, 1.165) is 5.69 Å². The Morgan fingerprint density at radius 3 is 2.44 bits per heavy atom. The quantitative estimate of drug-likeness (QED) is 0.648. The maximum absolute atomic E-state index is 5.73. The first-order chi connectivity index (χ1) is 8.63. The van der Waals surface area contributed by atoms with Crippen molar-refractivity contribution in [2.75, 3.05) is 11.5 Å². The minimum Gasteiger partial charge on any atom is -0.382 e. The Morgan fingerprint density at radius 1 is 1.00 bits per heavy atom. The third kappa shape index (κ3) is 1.61. The first-order valence-electron chi connectivity index (χ1n) is 5.36. The number of anilines is 2. The van der Waals surface area contributed by atoms with Gasteiger partial charge in [0, 0.05) is 0 Å². The largest absolute Gasteiger partial charge is 0.382 e. The van der Waals surface area contributed by atoms with Crippen LogP contribution < -0.4 is 11.5 Å². The number of aryl methyl sites for hydroxylation is 1. The van der Waals surface area contributed by atoms with E-state index in [1.807, 2.05) is 31.2 Å². The van der Waals surface area contributed by atoms with Crippen molar-refractivity contribution in [1.29, 1.82) is 0 Å². The molecular weight excluding hydrogens is 230 g/mol. The molecule has 1 aromatic carbocycles. The van der Waals surface area contributed by atoms with Gasteiger partial charge in [-0.2, -0.15) is 9.97 Å². The maximum atomic E-state index is 5.73. The molecule has 0 bridgehead atoms. The van der Waals surface area contributed by atoms with Crippen LogP contribution in [0.4, 0.5) is 11.8 Å². The normalized spacial score (nSPS) is 10.9. The number of nitrogens with two attached hydrogens (primary N) is 2. The third-order valence-electron chi connectivity index (χ3n) is 2.56. The van der Waals surface area contributed by atoms with Crippen LogP contribution in [0.3, 0.4) is 0 Å². The van der Waals surface area contributed by atoms with Crippen LogP contribution in [0.1, 0.15) is 5.56 Å². The highest BCUT2D eigenvalue weighted by atomic mass is 15.5. The average molecular weight is 241 g/mol. The fourth-order valence-electron chi connectivity index (χ4n) is 1.64. The lowest BCUT2D eigenvalue weighted by Gasteiger charge is -1.98. The Kier molecular flexibility index (Phi) is 2.12. The van der Waals surface area contributed by atoms with E-state index in [-0.39, 0.29) is 11.8 Å². The number of hydrogen-bond acceptors (Lipinski definition) is 6. The van der Waals surface area contributed by atoms with E-state index in [0.29, 0.717) is 11.2 Å². The highest BCUT2D eigenvalue weighted by Gasteiger charge is 2.10.